The summed E-state index contributed by atoms with van der Waals surface area (Å²) in [4.78, 5) is 22.3. The molecule has 0 bridgehead atoms. The molecule has 0 aliphatic carbocycles. The van der Waals surface area contributed by atoms with E-state index in [9.17, 15) is 4.79 Å². The first-order valence-electron chi connectivity index (χ1n) is 7.56. The van der Waals surface area contributed by atoms with E-state index in [-0.39, 0.29) is 11.9 Å². The molecule has 5 nitrogen and oxygen atoms in total. The van der Waals surface area contributed by atoms with Crippen LogP contribution in [0.25, 0.3) is 0 Å². The van der Waals surface area contributed by atoms with Crippen molar-refractivity contribution in [3.63, 3.8) is 0 Å². The fourth-order valence-corrected chi connectivity index (χ4v) is 4.59. The van der Waals surface area contributed by atoms with Crippen molar-refractivity contribution < 1.29 is 4.79 Å². The summed E-state index contributed by atoms with van der Waals surface area (Å²) in [6.45, 7) is 3.47. The molecule has 23 heavy (non-hydrogen) atoms. The molecule has 120 valence electrons. The second kappa shape index (κ2) is 6.79. The van der Waals surface area contributed by atoms with Gasteiger partial charge in [-0.2, -0.15) is 5.26 Å². The summed E-state index contributed by atoms with van der Waals surface area (Å²) in [6, 6.07) is 3.79. The minimum absolute atomic E-state index is 0.0821. The smallest absolute Gasteiger partial charge is 0.245 e. The molecule has 1 fully saturated rings. The van der Waals surface area contributed by atoms with Gasteiger partial charge >= 0.3 is 0 Å². The number of nitriles is 1. The van der Waals surface area contributed by atoms with Gasteiger partial charge in [0.1, 0.15) is 16.1 Å². The lowest BCUT2D eigenvalue weighted by atomic mass is 10.2. The van der Waals surface area contributed by atoms with Crippen LogP contribution in [0.5, 0.6) is 0 Å². The number of nitrogens with zero attached hydrogens (tertiary/aromatic N) is 4. The van der Waals surface area contributed by atoms with Crippen LogP contribution in [0.1, 0.15) is 28.8 Å². The quantitative estimate of drug-likeness (QED) is 0.835. The van der Waals surface area contributed by atoms with Crippen molar-refractivity contribution in [3.05, 3.63) is 33.1 Å². The van der Waals surface area contributed by atoms with E-state index in [0.717, 1.165) is 22.9 Å². The van der Waals surface area contributed by atoms with Gasteiger partial charge in [-0.25, -0.2) is 4.98 Å². The Morgan fingerprint density at radius 3 is 3.09 bits per heavy atom. The zero-order chi connectivity index (χ0) is 16.4. The van der Waals surface area contributed by atoms with Crippen molar-refractivity contribution in [2.24, 2.45) is 0 Å². The van der Waals surface area contributed by atoms with E-state index in [1.165, 1.54) is 16.2 Å². The number of aromatic nitrogens is 1. The van der Waals surface area contributed by atoms with Gasteiger partial charge in [0.2, 0.25) is 5.91 Å². The van der Waals surface area contributed by atoms with Gasteiger partial charge in [-0.1, -0.05) is 6.92 Å². The minimum atomic E-state index is -0.141. The fourth-order valence-electron chi connectivity index (χ4n) is 2.78. The zero-order valence-corrected chi connectivity index (χ0v) is 14.8. The van der Waals surface area contributed by atoms with Crippen LogP contribution in [0, 0.1) is 11.3 Å². The molecule has 1 aliphatic rings. The minimum Gasteiger partial charge on any atom is -0.301 e. The average Bonchev–Trinajstić information content (AvgIpc) is 3.25. The third-order valence-electron chi connectivity index (χ3n) is 4.05. The molecule has 1 saturated heterocycles. The van der Waals surface area contributed by atoms with Gasteiger partial charge in [-0.05, 0) is 31.3 Å². The van der Waals surface area contributed by atoms with Gasteiger partial charge in [0, 0.05) is 17.6 Å². The average molecular weight is 346 g/mol. The molecular formula is C16H18N4OS2. The number of thiophene rings is 1. The van der Waals surface area contributed by atoms with Gasteiger partial charge < -0.3 is 4.90 Å². The van der Waals surface area contributed by atoms with Gasteiger partial charge in [0.05, 0.1) is 18.2 Å². The number of rotatable bonds is 5. The van der Waals surface area contributed by atoms with Crippen LogP contribution in [0.2, 0.25) is 0 Å². The number of hydrogen-bond acceptors (Lipinski definition) is 6. The van der Waals surface area contributed by atoms with Gasteiger partial charge in [0.25, 0.3) is 0 Å². The predicted octanol–water partition coefficient (Wildman–Crippen LogP) is 2.88. The predicted molar refractivity (Wildman–Crippen MR) is 92.8 cm³/mol. The number of thiazole rings is 1. The number of likely N-dealkylation sites (N-methyl/N-ethyl adjacent to an activating group) is 1. The number of anilines is 1. The Labute approximate surface area is 143 Å². The first-order valence-corrected chi connectivity index (χ1v) is 9.26. The second-order valence-corrected chi connectivity index (χ2v) is 7.63. The molecule has 1 atom stereocenters. The summed E-state index contributed by atoms with van der Waals surface area (Å²) < 4.78 is 0. The Balaban J connectivity index is 1.70. The summed E-state index contributed by atoms with van der Waals surface area (Å²) in [5, 5.41) is 12.8. The molecule has 0 N–H and O–H groups in total. The standard InChI is InChI=1S/C16H18N4OS2/c1-3-12-9-18-14(23-12)10-19(2)13-4-6-20(15(13)21)16-11(8-17)5-7-22-16/h5,7,9,13H,3-4,6,10H2,1-2H3/t13-/m0/s1. The van der Waals surface area contributed by atoms with Crippen LogP contribution >= 0.6 is 22.7 Å². The highest BCUT2D eigenvalue weighted by molar-refractivity contribution is 7.14. The molecule has 7 heteroatoms. The maximum absolute atomic E-state index is 12.7. The molecule has 1 amide bonds. The van der Waals surface area contributed by atoms with Crippen molar-refractivity contribution in [2.45, 2.75) is 32.4 Å². The SMILES string of the molecule is CCc1cnc(CN(C)[C@H]2CCN(c3sccc3C#N)C2=O)s1. The zero-order valence-electron chi connectivity index (χ0n) is 13.2. The Kier molecular flexibility index (Phi) is 4.76. The highest BCUT2D eigenvalue weighted by Gasteiger charge is 2.36. The first-order chi connectivity index (χ1) is 11.1. The maximum atomic E-state index is 12.7. The Hall–Kier alpha value is -1.75. The number of aryl methyl sites for hydroxylation is 1. The molecule has 1 aliphatic heterocycles. The number of carbonyl (C=O) groups excluding carboxylic acids is 1. The van der Waals surface area contributed by atoms with Crippen LogP contribution in [0.15, 0.2) is 17.6 Å². The first kappa shape index (κ1) is 16.1. The van der Waals surface area contributed by atoms with Gasteiger partial charge in [-0.15, -0.1) is 22.7 Å². The second-order valence-electron chi connectivity index (χ2n) is 5.53. The van der Waals surface area contributed by atoms with Crippen LogP contribution in [0.3, 0.4) is 0 Å². The molecule has 3 rings (SSSR count). The molecular weight excluding hydrogens is 328 g/mol. The van der Waals surface area contributed by atoms with Gasteiger partial charge in [0.15, 0.2) is 0 Å². The van der Waals surface area contributed by atoms with E-state index < -0.39 is 0 Å². The van der Waals surface area contributed by atoms with Crippen LogP contribution in [-0.2, 0) is 17.8 Å². The van der Waals surface area contributed by atoms with Crippen LogP contribution in [0.4, 0.5) is 5.00 Å². The van der Waals surface area contributed by atoms with Crippen molar-refractivity contribution in [1.29, 1.82) is 5.26 Å². The fraction of sp³-hybridized carbons (Fsp3) is 0.438. The lowest BCUT2D eigenvalue weighted by Crippen LogP contribution is -2.39. The molecule has 2 aromatic rings. The third kappa shape index (κ3) is 3.15. The molecule has 2 aromatic heterocycles. The van der Waals surface area contributed by atoms with Crippen molar-refractivity contribution in [2.75, 3.05) is 18.5 Å². The number of amides is 1. The summed E-state index contributed by atoms with van der Waals surface area (Å²) in [6.07, 6.45) is 3.69. The molecule has 0 unspecified atom stereocenters. The highest BCUT2D eigenvalue weighted by atomic mass is 32.1. The Morgan fingerprint density at radius 1 is 1.57 bits per heavy atom. The lowest BCUT2D eigenvalue weighted by Gasteiger charge is -2.22. The highest BCUT2D eigenvalue weighted by Crippen LogP contribution is 2.32. The maximum Gasteiger partial charge on any atom is 0.245 e. The molecule has 0 radical (unpaired) electrons. The largest absolute Gasteiger partial charge is 0.301 e. The third-order valence-corrected chi connectivity index (χ3v) is 6.12. The summed E-state index contributed by atoms with van der Waals surface area (Å²) in [7, 11) is 1.97. The Morgan fingerprint density at radius 2 is 2.39 bits per heavy atom. The molecule has 3 heterocycles. The summed E-state index contributed by atoms with van der Waals surface area (Å²) in [5.74, 6) is 0.0821. The molecule has 0 aromatic carbocycles. The van der Waals surface area contributed by atoms with E-state index in [2.05, 4.69) is 22.9 Å². The monoisotopic (exact) mass is 346 g/mol. The van der Waals surface area contributed by atoms with Crippen molar-refractivity contribution in [3.8, 4) is 6.07 Å². The van der Waals surface area contributed by atoms with Crippen molar-refractivity contribution in [1.82, 2.24) is 9.88 Å². The van der Waals surface area contributed by atoms with Crippen LogP contribution < -0.4 is 4.90 Å². The lowest BCUT2D eigenvalue weighted by molar-refractivity contribution is -0.121. The van der Waals surface area contributed by atoms with E-state index in [1.54, 1.807) is 22.3 Å². The summed E-state index contributed by atoms with van der Waals surface area (Å²) in [5.41, 5.74) is 0.583. The Bertz CT molecular complexity index is 745. The topological polar surface area (TPSA) is 60.2 Å². The van der Waals surface area contributed by atoms with E-state index >= 15 is 0 Å². The van der Waals surface area contributed by atoms with E-state index in [4.69, 9.17) is 5.26 Å². The number of carbonyl (C=O) groups is 1. The number of hydrogen-bond donors (Lipinski definition) is 0. The molecule has 0 saturated carbocycles. The molecule has 0 spiro atoms. The van der Waals surface area contributed by atoms with Crippen molar-refractivity contribution >= 4 is 33.6 Å². The normalized spacial score (nSPS) is 17.9. The van der Waals surface area contributed by atoms with E-state index in [1.807, 2.05) is 18.6 Å². The van der Waals surface area contributed by atoms with E-state index in [0.29, 0.717) is 18.7 Å². The summed E-state index contributed by atoms with van der Waals surface area (Å²) >= 11 is 3.16. The van der Waals surface area contributed by atoms with Gasteiger partial charge in [-0.3, -0.25) is 9.69 Å². The van der Waals surface area contributed by atoms with Crippen LogP contribution in [-0.4, -0.2) is 35.4 Å².